The first-order valence-electron chi connectivity index (χ1n) is 10.6. The van der Waals surface area contributed by atoms with Crippen LogP contribution in [0.1, 0.15) is 44.1 Å². The molecule has 3 aliphatic rings. The van der Waals surface area contributed by atoms with E-state index < -0.39 is 0 Å². The summed E-state index contributed by atoms with van der Waals surface area (Å²) in [5.41, 5.74) is 2.09. The van der Waals surface area contributed by atoms with Crippen molar-refractivity contribution in [2.75, 3.05) is 38.2 Å². The van der Waals surface area contributed by atoms with Crippen LogP contribution in [0.15, 0.2) is 24.3 Å². The highest BCUT2D eigenvalue weighted by Crippen LogP contribution is 2.33. The smallest absolute Gasteiger partial charge is 0.222 e. The number of amides is 2. The molecular weight excluding hydrogens is 354 g/mol. The Hall–Kier alpha value is -2.08. The SMILES string of the molecule is O=C1CC2(CCN(C(=O)CC3CCOCC3)CC2)Nc2ccccc2CCN1. The van der Waals surface area contributed by atoms with Gasteiger partial charge in [-0.05, 0) is 49.7 Å². The molecule has 0 saturated carbocycles. The van der Waals surface area contributed by atoms with E-state index in [0.717, 1.165) is 51.0 Å². The molecule has 2 amide bonds. The normalized spacial score (nSPS) is 23.0. The maximum absolute atomic E-state index is 12.8. The van der Waals surface area contributed by atoms with E-state index >= 15 is 0 Å². The Balaban J connectivity index is 1.42. The number of nitrogens with zero attached hydrogens (tertiary/aromatic N) is 1. The summed E-state index contributed by atoms with van der Waals surface area (Å²) in [4.78, 5) is 27.2. The summed E-state index contributed by atoms with van der Waals surface area (Å²) < 4.78 is 5.40. The van der Waals surface area contributed by atoms with Gasteiger partial charge < -0.3 is 20.3 Å². The van der Waals surface area contributed by atoms with Crippen molar-refractivity contribution in [2.24, 2.45) is 5.92 Å². The summed E-state index contributed by atoms with van der Waals surface area (Å²) in [6.45, 7) is 3.65. The number of nitrogens with one attached hydrogen (secondary N) is 2. The van der Waals surface area contributed by atoms with Gasteiger partial charge in [-0.25, -0.2) is 0 Å². The van der Waals surface area contributed by atoms with Crippen molar-refractivity contribution in [2.45, 2.75) is 50.5 Å². The highest BCUT2D eigenvalue weighted by Gasteiger charge is 2.38. The Morgan fingerprint density at radius 1 is 1.18 bits per heavy atom. The van der Waals surface area contributed by atoms with Crippen molar-refractivity contribution in [3.8, 4) is 0 Å². The van der Waals surface area contributed by atoms with Crippen LogP contribution in [0.3, 0.4) is 0 Å². The molecule has 2 N–H and O–H groups in total. The third-order valence-corrected chi connectivity index (χ3v) is 6.51. The largest absolute Gasteiger partial charge is 0.381 e. The van der Waals surface area contributed by atoms with Crippen LogP contribution < -0.4 is 10.6 Å². The number of hydrogen-bond donors (Lipinski definition) is 2. The summed E-state index contributed by atoms with van der Waals surface area (Å²) in [6.07, 6.45) is 5.50. The molecule has 6 nitrogen and oxygen atoms in total. The molecule has 152 valence electrons. The van der Waals surface area contributed by atoms with E-state index in [9.17, 15) is 9.59 Å². The number of carbonyl (C=O) groups excluding carboxylic acids is 2. The molecule has 3 aliphatic heterocycles. The van der Waals surface area contributed by atoms with E-state index in [0.29, 0.717) is 38.4 Å². The average Bonchev–Trinajstić information content (AvgIpc) is 2.76. The van der Waals surface area contributed by atoms with Crippen molar-refractivity contribution >= 4 is 17.5 Å². The Kier molecular flexibility index (Phi) is 5.85. The molecule has 3 heterocycles. The van der Waals surface area contributed by atoms with Crippen molar-refractivity contribution < 1.29 is 14.3 Å². The van der Waals surface area contributed by atoms with Crippen LogP contribution in [0.25, 0.3) is 0 Å². The first-order valence-corrected chi connectivity index (χ1v) is 10.6. The zero-order chi connectivity index (χ0) is 19.4. The molecule has 0 atom stereocenters. The molecule has 4 rings (SSSR count). The number of piperidine rings is 1. The number of carbonyl (C=O) groups is 2. The number of ether oxygens (including phenoxy) is 1. The van der Waals surface area contributed by atoms with Gasteiger partial charge in [0.05, 0.1) is 0 Å². The number of rotatable bonds is 2. The second kappa shape index (κ2) is 8.52. The highest BCUT2D eigenvalue weighted by atomic mass is 16.5. The van der Waals surface area contributed by atoms with Gasteiger partial charge in [0.15, 0.2) is 0 Å². The van der Waals surface area contributed by atoms with Crippen LogP contribution in [0, 0.1) is 5.92 Å². The zero-order valence-corrected chi connectivity index (χ0v) is 16.5. The van der Waals surface area contributed by atoms with Crippen LogP contribution in [-0.2, 0) is 20.7 Å². The predicted molar refractivity (Wildman–Crippen MR) is 108 cm³/mol. The van der Waals surface area contributed by atoms with E-state index in [1.54, 1.807) is 0 Å². The molecule has 28 heavy (non-hydrogen) atoms. The molecular formula is C22H31N3O3. The first kappa shape index (κ1) is 19.2. The van der Waals surface area contributed by atoms with Gasteiger partial charge in [-0.3, -0.25) is 9.59 Å². The second-order valence-electron chi connectivity index (χ2n) is 8.48. The number of para-hydroxylation sites is 1. The number of likely N-dealkylation sites (tertiary alicyclic amines) is 1. The standard InChI is InChI=1S/C22H31N3O3/c26-20-16-22(24-19-4-2-1-3-18(19)5-10-23-20)8-11-25(12-9-22)21(27)15-17-6-13-28-14-7-17/h1-4,17,24H,5-16H2,(H,23,26). The Morgan fingerprint density at radius 2 is 1.93 bits per heavy atom. The fourth-order valence-corrected chi connectivity index (χ4v) is 4.71. The molecule has 1 aromatic carbocycles. The summed E-state index contributed by atoms with van der Waals surface area (Å²) in [7, 11) is 0. The lowest BCUT2D eigenvalue weighted by Gasteiger charge is -2.43. The Labute approximate surface area is 167 Å². The third kappa shape index (κ3) is 4.49. The minimum Gasteiger partial charge on any atom is -0.381 e. The Bertz CT molecular complexity index is 707. The molecule has 2 saturated heterocycles. The van der Waals surface area contributed by atoms with Gasteiger partial charge in [0.2, 0.25) is 11.8 Å². The van der Waals surface area contributed by atoms with Gasteiger partial charge in [0, 0.05) is 56.9 Å². The molecule has 2 fully saturated rings. The molecule has 0 unspecified atom stereocenters. The average molecular weight is 386 g/mol. The van der Waals surface area contributed by atoms with E-state index in [4.69, 9.17) is 4.74 Å². The molecule has 0 aliphatic carbocycles. The summed E-state index contributed by atoms with van der Waals surface area (Å²) in [5.74, 6) is 0.815. The van der Waals surface area contributed by atoms with Gasteiger partial charge in [0.25, 0.3) is 0 Å². The van der Waals surface area contributed by atoms with Crippen molar-refractivity contribution in [3.05, 3.63) is 29.8 Å². The third-order valence-electron chi connectivity index (χ3n) is 6.51. The number of fused-ring (bicyclic) bond motifs is 1. The lowest BCUT2D eigenvalue weighted by Crippen LogP contribution is -2.52. The minimum atomic E-state index is -0.278. The topological polar surface area (TPSA) is 70.7 Å². The van der Waals surface area contributed by atoms with Crippen LogP contribution in [0.5, 0.6) is 0 Å². The summed E-state index contributed by atoms with van der Waals surface area (Å²) >= 11 is 0. The van der Waals surface area contributed by atoms with Crippen LogP contribution >= 0.6 is 0 Å². The van der Waals surface area contributed by atoms with Crippen LogP contribution in [-0.4, -0.2) is 55.1 Å². The van der Waals surface area contributed by atoms with Crippen LogP contribution in [0.2, 0.25) is 0 Å². The van der Waals surface area contributed by atoms with Gasteiger partial charge in [-0.1, -0.05) is 18.2 Å². The molecule has 0 radical (unpaired) electrons. The maximum Gasteiger partial charge on any atom is 0.222 e. The monoisotopic (exact) mass is 385 g/mol. The minimum absolute atomic E-state index is 0.0993. The van der Waals surface area contributed by atoms with E-state index in [1.165, 1.54) is 5.56 Å². The Morgan fingerprint density at radius 3 is 2.71 bits per heavy atom. The van der Waals surface area contributed by atoms with Gasteiger partial charge >= 0.3 is 0 Å². The fourth-order valence-electron chi connectivity index (χ4n) is 4.71. The van der Waals surface area contributed by atoms with Crippen molar-refractivity contribution in [1.82, 2.24) is 10.2 Å². The van der Waals surface area contributed by atoms with Crippen LogP contribution in [0.4, 0.5) is 5.69 Å². The molecule has 6 heteroatoms. The lowest BCUT2D eigenvalue weighted by molar-refractivity contribution is -0.134. The maximum atomic E-state index is 12.8. The fraction of sp³-hybridized carbons (Fsp3) is 0.636. The lowest BCUT2D eigenvalue weighted by atomic mass is 9.83. The van der Waals surface area contributed by atoms with Crippen molar-refractivity contribution in [1.29, 1.82) is 0 Å². The summed E-state index contributed by atoms with van der Waals surface area (Å²) in [6, 6.07) is 8.32. The van der Waals surface area contributed by atoms with Gasteiger partial charge in [-0.15, -0.1) is 0 Å². The van der Waals surface area contributed by atoms with Gasteiger partial charge in [-0.2, -0.15) is 0 Å². The number of hydrogen-bond acceptors (Lipinski definition) is 4. The number of benzene rings is 1. The quantitative estimate of drug-likeness (QED) is 0.820. The van der Waals surface area contributed by atoms with Gasteiger partial charge in [0.1, 0.15) is 0 Å². The molecule has 0 bridgehead atoms. The second-order valence-corrected chi connectivity index (χ2v) is 8.48. The predicted octanol–water partition coefficient (Wildman–Crippen LogP) is 2.34. The van der Waals surface area contributed by atoms with E-state index in [-0.39, 0.29) is 17.4 Å². The van der Waals surface area contributed by atoms with Crippen molar-refractivity contribution in [3.63, 3.8) is 0 Å². The zero-order valence-electron chi connectivity index (χ0n) is 16.5. The van der Waals surface area contributed by atoms with E-state index in [2.05, 4.69) is 22.8 Å². The molecule has 1 spiro atoms. The van der Waals surface area contributed by atoms with E-state index in [1.807, 2.05) is 17.0 Å². The molecule has 1 aromatic rings. The molecule has 0 aromatic heterocycles. The summed E-state index contributed by atoms with van der Waals surface area (Å²) in [5, 5.41) is 6.76. The highest BCUT2D eigenvalue weighted by molar-refractivity contribution is 5.79. The number of anilines is 1. The first-order chi connectivity index (χ1) is 13.6.